The number of carbonyl (C=O) groups excluding carboxylic acids is 2. The quantitative estimate of drug-likeness (QED) is 0.878. The lowest BCUT2D eigenvalue weighted by Gasteiger charge is -2.05. The summed E-state index contributed by atoms with van der Waals surface area (Å²) in [5.74, 6) is -1.72. The summed E-state index contributed by atoms with van der Waals surface area (Å²) < 4.78 is 19.1. The van der Waals surface area contributed by atoms with Crippen molar-refractivity contribution in [2.24, 2.45) is 0 Å². The third kappa shape index (κ3) is 3.57. The SMILES string of the molecule is COC(=O)Cn1cc(NC(=O)c2cccc(F)c2Cl)cn1. The summed E-state index contributed by atoms with van der Waals surface area (Å²) in [6.07, 6.45) is 2.80. The van der Waals surface area contributed by atoms with E-state index in [1.54, 1.807) is 0 Å². The second-order valence-electron chi connectivity index (χ2n) is 4.06. The Morgan fingerprint density at radius 3 is 2.95 bits per heavy atom. The normalized spacial score (nSPS) is 10.2. The van der Waals surface area contributed by atoms with Crippen molar-refractivity contribution in [1.29, 1.82) is 0 Å². The molecule has 0 fully saturated rings. The minimum absolute atomic E-state index is 0.0115. The Balaban J connectivity index is 2.09. The van der Waals surface area contributed by atoms with Gasteiger partial charge in [-0.15, -0.1) is 0 Å². The van der Waals surface area contributed by atoms with E-state index in [2.05, 4.69) is 15.2 Å². The van der Waals surface area contributed by atoms with E-state index in [-0.39, 0.29) is 17.1 Å². The van der Waals surface area contributed by atoms with Gasteiger partial charge in [0.15, 0.2) is 0 Å². The van der Waals surface area contributed by atoms with Gasteiger partial charge in [-0.1, -0.05) is 17.7 Å². The molecule has 2 aromatic rings. The fourth-order valence-electron chi connectivity index (χ4n) is 1.59. The minimum Gasteiger partial charge on any atom is -0.468 e. The predicted octanol–water partition coefficient (Wildman–Crippen LogP) is 2.10. The van der Waals surface area contributed by atoms with Gasteiger partial charge in [-0.05, 0) is 12.1 Å². The third-order valence-corrected chi connectivity index (χ3v) is 2.99. The molecule has 1 heterocycles. The maximum Gasteiger partial charge on any atom is 0.327 e. The van der Waals surface area contributed by atoms with Gasteiger partial charge < -0.3 is 10.1 Å². The van der Waals surface area contributed by atoms with E-state index < -0.39 is 17.7 Å². The Morgan fingerprint density at radius 1 is 1.48 bits per heavy atom. The molecule has 6 nitrogen and oxygen atoms in total. The van der Waals surface area contributed by atoms with Crippen LogP contribution in [0.3, 0.4) is 0 Å². The summed E-state index contributed by atoms with van der Waals surface area (Å²) in [5, 5.41) is 6.14. The number of benzene rings is 1. The molecule has 0 aliphatic rings. The topological polar surface area (TPSA) is 73.2 Å². The Morgan fingerprint density at radius 2 is 2.24 bits per heavy atom. The molecule has 0 saturated heterocycles. The highest BCUT2D eigenvalue weighted by Crippen LogP contribution is 2.20. The van der Waals surface area contributed by atoms with Crippen LogP contribution in [0.1, 0.15) is 10.4 Å². The van der Waals surface area contributed by atoms with Crippen molar-refractivity contribution in [3.05, 3.63) is 47.0 Å². The van der Waals surface area contributed by atoms with Crippen LogP contribution in [0.5, 0.6) is 0 Å². The lowest BCUT2D eigenvalue weighted by atomic mass is 10.2. The number of methoxy groups -OCH3 is 1. The number of aromatic nitrogens is 2. The van der Waals surface area contributed by atoms with E-state index in [0.717, 1.165) is 6.07 Å². The Hall–Kier alpha value is -2.41. The van der Waals surface area contributed by atoms with Crippen molar-refractivity contribution in [3.8, 4) is 0 Å². The molecule has 1 N–H and O–H groups in total. The van der Waals surface area contributed by atoms with Crippen LogP contribution in [-0.2, 0) is 16.1 Å². The first-order chi connectivity index (χ1) is 10.0. The fraction of sp³-hybridized carbons (Fsp3) is 0.154. The van der Waals surface area contributed by atoms with Crippen LogP contribution in [0.25, 0.3) is 0 Å². The molecule has 0 radical (unpaired) electrons. The van der Waals surface area contributed by atoms with Crippen LogP contribution in [0.2, 0.25) is 5.02 Å². The fourth-order valence-corrected chi connectivity index (χ4v) is 1.80. The first-order valence-corrected chi connectivity index (χ1v) is 6.23. The molecule has 2 rings (SSSR count). The number of rotatable bonds is 4. The van der Waals surface area contributed by atoms with Gasteiger partial charge in [-0.2, -0.15) is 5.10 Å². The maximum atomic E-state index is 13.3. The van der Waals surface area contributed by atoms with Gasteiger partial charge in [0.25, 0.3) is 5.91 Å². The zero-order chi connectivity index (χ0) is 15.4. The molecule has 1 aromatic heterocycles. The molecule has 1 amide bonds. The van der Waals surface area contributed by atoms with Gasteiger partial charge in [-0.25, -0.2) is 4.39 Å². The van der Waals surface area contributed by atoms with Crippen LogP contribution in [0.15, 0.2) is 30.6 Å². The molecule has 0 aliphatic heterocycles. The molecule has 0 bridgehead atoms. The van der Waals surface area contributed by atoms with Gasteiger partial charge >= 0.3 is 5.97 Å². The van der Waals surface area contributed by atoms with Crippen molar-refractivity contribution in [1.82, 2.24) is 9.78 Å². The number of anilines is 1. The molecule has 0 unspecified atom stereocenters. The van der Waals surface area contributed by atoms with Gasteiger partial charge in [0.2, 0.25) is 0 Å². The molecule has 0 saturated carbocycles. The number of amides is 1. The third-order valence-electron chi connectivity index (χ3n) is 2.61. The monoisotopic (exact) mass is 311 g/mol. The number of nitrogens with one attached hydrogen (secondary N) is 1. The van der Waals surface area contributed by atoms with Crippen LogP contribution in [0.4, 0.5) is 10.1 Å². The summed E-state index contributed by atoms with van der Waals surface area (Å²) in [6, 6.07) is 3.95. The Labute approximate surface area is 124 Å². The highest BCUT2D eigenvalue weighted by molar-refractivity contribution is 6.34. The average molecular weight is 312 g/mol. The van der Waals surface area contributed by atoms with Crippen molar-refractivity contribution < 1.29 is 18.7 Å². The summed E-state index contributed by atoms with van der Waals surface area (Å²) in [4.78, 5) is 23.1. The van der Waals surface area contributed by atoms with Crippen molar-refractivity contribution in [2.45, 2.75) is 6.54 Å². The largest absolute Gasteiger partial charge is 0.468 e. The molecule has 21 heavy (non-hydrogen) atoms. The molecule has 0 spiro atoms. The summed E-state index contributed by atoms with van der Waals surface area (Å²) in [7, 11) is 1.26. The second kappa shape index (κ2) is 6.36. The standard InChI is InChI=1S/C13H11ClFN3O3/c1-21-11(19)7-18-6-8(5-16-18)17-13(20)9-3-2-4-10(15)12(9)14/h2-6H,7H2,1H3,(H,17,20). The van der Waals surface area contributed by atoms with E-state index in [1.165, 1.54) is 36.3 Å². The highest BCUT2D eigenvalue weighted by Gasteiger charge is 2.14. The summed E-state index contributed by atoms with van der Waals surface area (Å²) >= 11 is 5.73. The molecule has 110 valence electrons. The van der Waals surface area contributed by atoms with Crippen LogP contribution >= 0.6 is 11.6 Å². The van der Waals surface area contributed by atoms with Crippen LogP contribution in [-0.4, -0.2) is 28.8 Å². The number of esters is 1. The predicted molar refractivity (Wildman–Crippen MR) is 73.6 cm³/mol. The molecular formula is C13H11ClFN3O3. The van der Waals surface area contributed by atoms with Crippen LogP contribution in [0, 0.1) is 5.82 Å². The van der Waals surface area contributed by atoms with E-state index in [9.17, 15) is 14.0 Å². The minimum atomic E-state index is -0.675. The van der Waals surface area contributed by atoms with E-state index in [1.807, 2.05) is 0 Å². The summed E-state index contributed by atoms with van der Waals surface area (Å²) in [6.45, 7) is -0.0763. The molecule has 0 aliphatic carbocycles. The van der Waals surface area contributed by atoms with Gasteiger partial charge in [0, 0.05) is 6.20 Å². The number of halogens is 2. The Bertz CT molecular complexity index is 687. The molecular weight excluding hydrogens is 301 g/mol. The molecule has 1 aromatic carbocycles. The van der Waals surface area contributed by atoms with Crippen LogP contribution < -0.4 is 5.32 Å². The first-order valence-electron chi connectivity index (χ1n) is 5.86. The van der Waals surface area contributed by atoms with Crippen molar-refractivity contribution >= 4 is 29.2 Å². The smallest absolute Gasteiger partial charge is 0.327 e. The zero-order valence-corrected chi connectivity index (χ0v) is 11.7. The molecule has 0 atom stereocenters. The van der Waals surface area contributed by atoms with E-state index >= 15 is 0 Å². The van der Waals surface area contributed by atoms with Crippen molar-refractivity contribution in [3.63, 3.8) is 0 Å². The zero-order valence-electron chi connectivity index (χ0n) is 11.0. The van der Waals surface area contributed by atoms with E-state index in [0.29, 0.717) is 5.69 Å². The lowest BCUT2D eigenvalue weighted by molar-refractivity contribution is -0.141. The highest BCUT2D eigenvalue weighted by atomic mass is 35.5. The van der Waals surface area contributed by atoms with Gasteiger partial charge in [-0.3, -0.25) is 14.3 Å². The lowest BCUT2D eigenvalue weighted by Crippen LogP contribution is -2.13. The summed E-state index contributed by atoms with van der Waals surface area (Å²) in [5.41, 5.74) is 0.363. The number of ether oxygens (including phenoxy) is 1. The maximum absolute atomic E-state index is 13.3. The molecule has 8 heteroatoms. The van der Waals surface area contributed by atoms with E-state index in [4.69, 9.17) is 11.6 Å². The second-order valence-corrected chi connectivity index (χ2v) is 4.44. The average Bonchev–Trinajstić information content (AvgIpc) is 2.88. The first kappa shape index (κ1) is 15.0. The van der Waals surface area contributed by atoms with Gasteiger partial charge in [0.05, 0.1) is 29.6 Å². The number of hydrogen-bond donors (Lipinski definition) is 1. The Kier molecular flexibility index (Phi) is 4.54. The number of carbonyl (C=O) groups is 2. The van der Waals surface area contributed by atoms with Gasteiger partial charge in [0.1, 0.15) is 12.4 Å². The number of hydrogen-bond acceptors (Lipinski definition) is 4. The number of nitrogens with zero attached hydrogens (tertiary/aromatic N) is 2. The van der Waals surface area contributed by atoms with Crippen molar-refractivity contribution in [2.75, 3.05) is 12.4 Å².